The Balaban J connectivity index is 1.93. The highest BCUT2D eigenvalue weighted by Crippen LogP contribution is 2.17. The molecule has 18 heavy (non-hydrogen) atoms. The Morgan fingerprint density at radius 2 is 2.06 bits per heavy atom. The SMILES string of the molecule is COc1ccc(CCC(N)c2cnnn2C)cc1. The number of rotatable bonds is 5. The number of nitrogens with zero attached hydrogens (tertiary/aromatic N) is 3. The molecule has 0 amide bonds. The topological polar surface area (TPSA) is 66.0 Å². The third-order valence-corrected chi connectivity index (χ3v) is 3.03. The summed E-state index contributed by atoms with van der Waals surface area (Å²) in [4.78, 5) is 0. The van der Waals surface area contributed by atoms with Crippen molar-refractivity contribution < 1.29 is 4.74 Å². The third kappa shape index (κ3) is 2.87. The predicted molar refractivity (Wildman–Crippen MR) is 69.2 cm³/mol. The molecule has 1 aromatic heterocycles. The van der Waals surface area contributed by atoms with E-state index in [1.807, 2.05) is 19.2 Å². The predicted octanol–water partition coefficient (Wildman–Crippen LogP) is 1.46. The molecular weight excluding hydrogens is 228 g/mol. The van der Waals surface area contributed by atoms with Crippen LogP contribution in [-0.2, 0) is 13.5 Å². The maximum Gasteiger partial charge on any atom is 0.118 e. The quantitative estimate of drug-likeness (QED) is 0.867. The molecule has 2 aromatic rings. The minimum atomic E-state index is -0.0351. The van der Waals surface area contributed by atoms with Gasteiger partial charge in [0, 0.05) is 13.1 Å². The molecule has 0 spiro atoms. The summed E-state index contributed by atoms with van der Waals surface area (Å²) in [6, 6.07) is 8.02. The van der Waals surface area contributed by atoms with Gasteiger partial charge >= 0.3 is 0 Å². The molecule has 2 rings (SSSR count). The lowest BCUT2D eigenvalue weighted by molar-refractivity contribution is 0.414. The third-order valence-electron chi connectivity index (χ3n) is 3.03. The largest absolute Gasteiger partial charge is 0.497 e. The molecule has 0 radical (unpaired) electrons. The van der Waals surface area contributed by atoms with E-state index >= 15 is 0 Å². The molecule has 1 atom stereocenters. The van der Waals surface area contributed by atoms with E-state index in [-0.39, 0.29) is 6.04 Å². The van der Waals surface area contributed by atoms with Gasteiger partial charge in [0.2, 0.25) is 0 Å². The van der Waals surface area contributed by atoms with Crippen molar-refractivity contribution in [3.63, 3.8) is 0 Å². The van der Waals surface area contributed by atoms with Crippen LogP contribution in [0.5, 0.6) is 5.75 Å². The zero-order valence-electron chi connectivity index (χ0n) is 10.7. The standard InChI is InChI=1S/C13H18N4O/c1-17-13(9-15-16-17)12(14)8-5-10-3-6-11(18-2)7-4-10/h3-4,6-7,9,12H,5,8,14H2,1-2H3. The molecule has 1 aromatic carbocycles. The summed E-state index contributed by atoms with van der Waals surface area (Å²) in [7, 11) is 3.52. The Labute approximate surface area is 107 Å². The molecule has 0 saturated heterocycles. The summed E-state index contributed by atoms with van der Waals surface area (Å²) < 4.78 is 6.85. The number of benzene rings is 1. The molecule has 5 heteroatoms. The first kappa shape index (κ1) is 12.6. The summed E-state index contributed by atoms with van der Waals surface area (Å²) >= 11 is 0. The Bertz CT molecular complexity index is 492. The Morgan fingerprint density at radius 3 is 2.61 bits per heavy atom. The Morgan fingerprint density at radius 1 is 1.33 bits per heavy atom. The number of methoxy groups -OCH3 is 1. The van der Waals surface area contributed by atoms with E-state index in [0.29, 0.717) is 0 Å². The lowest BCUT2D eigenvalue weighted by Crippen LogP contribution is -2.15. The molecule has 0 aliphatic heterocycles. The van der Waals surface area contributed by atoms with Gasteiger partial charge in [-0.15, -0.1) is 5.10 Å². The molecule has 0 bridgehead atoms. The highest BCUT2D eigenvalue weighted by atomic mass is 16.5. The molecule has 2 N–H and O–H groups in total. The number of ether oxygens (including phenoxy) is 1. The summed E-state index contributed by atoms with van der Waals surface area (Å²) in [5.41, 5.74) is 8.33. The summed E-state index contributed by atoms with van der Waals surface area (Å²) in [6.07, 6.45) is 3.52. The van der Waals surface area contributed by atoms with E-state index in [1.54, 1.807) is 18.0 Å². The zero-order chi connectivity index (χ0) is 13.0. The van der Waals surface area contributed by atoms with Gasteiger partial charge in [0.25, 0.3) is 0 Å². The first-order valence-corrected chi connectivity index (χ1v) is 5.94. The van der Waals surface area contributed by atoms with E-state index in [1.165, 1.54) is 5.56 Å². The second-order valence-corrected chi connectivity index (χ2v) is 4.28. The number of nitrogens with two attached hydrogens (primary N) is 1. The molecule has 1 heterocycles. The van der Waals surface area contributed by atoms with Gasteiger partial charge in [-0.2, -0.15) is 0 Å². The smallest absolute Gasteiger partial charge is 0.118 e. The molecule has 0 aliphatic rings. The van der Waals surface area contributed by atoms with Crippen molar-refractivity contribution in [2.24, 2.45) is 12.8 Å². The Hall–Kier alpha value is -1.88. The maximum absolute atomic E-state index is 6.12. The van der Waals surface area contributed by atoms with Crippen molar-refractivity contribution in [1.29, 1.82) is 0 Å². The van der Waals surface area contributed by atoms with Crippen LogP contribution < -0.4 is 10.5 Å². The van der Waals surface area contributed by atoms with Crippen molar-refractivity contribution in [2.75, 3.05) is 7.11 Å². The van der Waals surface area contributed by atoms with Crippen molar-refractivity contribution >= 4 is 0 Å². The van der Waals surface area contributed by atoms with Crippen LogP contribution in [0.1, 0.15) is 23.7 Å². The number of hydrogen-bond donors (Lipinski definition) is 1. The summed E-state index contributed by atoms with van der Waals surface area (Å²) in [5.74, 6) is 0.874. The van der Waals surface area contributed by atoms with Gasteiger partial charge in [-0.05, 0) is 30.5 Å². The fourth-order valence-corrected chi connectivity index (χ4v) is 1.90. The fraction of sp³-hybridized carbons (Fsp3) is 0.385. The lowest BCUT2D eigenvalue weighted by Gasteiger charge is -2.11. The molecule has 0 aliphatic carbocycles. The van der Waals surface area contributed by atoms with E-state index in [4.69, 9.17) is 10.5 Å². The Kier molecular flexibility index (Phi) is 3.94. The van der Waals surface area contributed by atoms with Gasteiger partial charge in [0.05, 0.1) is 19.0 Å². The molecule has 96 valence electrons. The highest BCUT2D eigenvalue weighted by Gasteiger charge is 2.10. The van der Waals surface area contributed by atoms with E-state index in [2.05, 4.69) is 22.4 Å². The van der Waals surface area contributed by atoms with Crippen LogP contribution in [-0.4, -0.2) is 22.1 Å². The normalized spacial score (nSPS) is 12.4. The van der Waals surface area contributed by atoms with Crippen LogP contribution in [0.2, 0.25) is 0 Å². The molecule has 5 nitrogen and oxygen atoms in total. The van der Waals surface area contributed by atoms with Gasteiger partial charge in [-0.25, -0.2) is 0 Å². The van der Waals surface area contributed by atoms with E-state index in [9.17, 15) is 0 Å². The van der Waals surface area contributed by atoms with Crippen molar-refractivity contribution in [1.82, 2.24) is 15.0 Å². The zero-order valence-corrected chi connectivity index (χ0v) is 10.7. The highest BCUT2D eigenvalue weighted by molar-refractivity contribution is 5.27. The summed E-state index contributed by atoms with van der Waals surface area (Å²) in [5, 5.41) is 7.72. The van der Waals surface area contributed by atoms with Crippen LogP contribution in [0.4, 0.5) is 0 Å². The van der Waals surface area contributed by atoms with Crippen LogP contribution in [0.25, 0.3) is 0 Å². The van der Waals surface area contributed by atoms with Gasteiger partial charge in [-0.3, -0.25) is 4.68 Å². The van der Waals surface area contributed by atoms with Crippen LogP contribution in [0.15, 0.2) is 30.5 Å². The first-order chi connectivity index (χ1) is 8.70. The lowest BCUT2D eigenvalue weighted by atomic mass is 10.0. The van der Waals surface area contributed by atoms with Crippen LogP contribution >= 0.6 is 0 Å². The first-order valence-electron chi connectivity index (χ1n) is 5.94. The van der Waals surface area contributed by atoms with Gasteiger partial charge in [0.1, 0.15) is 5.75 Å². The number of aromatic nitrogens is 3. The van der Waals surface area contributed by atoms with Crippen molar-refractivity contribution in [2.45, 2.75) is 18.9 Å². The molecular formula is C13H18N4O. The van der Waals surface area contributed by atoms with Gasteiger partial charge in [0.15, 0.2) is 0 Å². The van der Waals surface area contributed by atoms with Crippen molar-refractivity contribution in [3.8, 4) is 5.75 Å². The molecule has 0 fully saturated rings. The summed E-state index contributed by atoms with van der Waals surface area (Å²) in [6.45, 7) is 0. The van der Waals surface area contributed by atoms with Crippen molar-refractivity contribution in [3.05, 3.63) is 41.7 Å². The van der Waals surface area contributed by atoms with Gasteiger partial charge in [-0.1, -0.05) is 17.3 Å². The van der Waals surface area contributed by atoms with E-state index in [0.717, 1.165) is 24.3 Å². The molecule has 0 saturated carbocycles. The second kappa shape index (κ2) is 5.64. The van der Waals surface area contributed by atoms with Crippen LogP contribution in [0, 0.1) is 0 Å². The number of hydrogen-bond acceptors (Lipinski definition) is 4. The number of aryl methyl sites for hydroxylation is 2. The monoisotopic (exact) mass is 246 g/mol. The fourth-order valence-electron chi connectivity index (χ4n) is 1.90. The minimum Gasteiger partial charge on any atom is -0.497 e. The average Bonchev–Trinajstić information content (AvgIpc) is 2.83. The maximum atomic E-state index is 6.12. The van der Waals surface area contributed by atoms with Gasteiger partial charge < -0.3 is 10.5 Å². The van der Waals surface area contributed by atoms with Crippen LogP contribution in [0.3, 0.4) is 0 Å². The van der Waals surface area contributed by atoms with E-state index < -0.39 is 0 Å². The minimum absolute atomic E-state index is 0.0351. The second-order valence-electron chi connectivity index (χ2n) is 4.28. The average molecular weight is 246 g/mol. The molecule has 1 unspecified atom stereocenters.